The lowest BCUT2D eigenvalue weighted by molar-refractivity contribution is -0.116. The van der Waals surface area contributed by atoms with E-state index in [2.05, 4.69) is 10.3 Å². The molecule has 1 heterocycles. The first-order valence-corrected chi connectivity index (χ1v) is 7.03. The molecule has 3 nitrogen and oxygen atoms in total. The summed E-state index contributed by atoms with van der Waals surface area (Å²) < 4.78 is 0. The SMILES string of the molecule is O=C(CCC1CCCCC1)Nc1cc(Cl)ccn1. The van der Waals surface area contributed by atoms with Crippen molar-refractivity contribution in [3.63, 3.8) is 0 Å². The van der Waals surface area contributed by atoms with E-state index in [0.717, 1.165) is 12.3 Å². The highest BCUT2D eigenvalue weighted by molar-refractivity contribution is 6.30. The molecular weight excluding hydrogens is 248 g/mol. The van der Waals surface area contributed by atoms with Crippen molar-refractivity contribution >= 4 is 23.3 Å². The molecule has 98 valence electrons. The molecule has 1 aromatic heterocycles. The van der Waals surface area contributed by atoms with Gasteiger partial charge >= 0.3 is 0 Å². The normalized spacial score (nSPS) is 16.5. The van der Waals surface area contributed by atoms with Crippen molar-refractivity contribution in [2.75, 3.05) is 5.32 Å². The van der Waals surface area contributed by atoms with Crippen LogP contribution in [0.25, 0.3) is 0 Å². The van der Waals surface area contributed by atoms with E-state index in [9.17, 15) is 4.79 Å². The quantitative estimate of drug-likeness (QED) is 0.894. The van der Waals surface area contributed by atoms with Gasteiger partial charge in [0.05, 0.1) is 0 Å². The maximum Gasteiger partial charge on any atom is 0.225 e. The molecule has 18 heavy (non-hydrogen) atoms. The Kier molecular flexibility index (Phi) is 5.00. The second-order valence-corrected chi connectivity index (χ2v) is 5.39. The van der Waals surface area contributed by atoms with Gasteiger partial charge in [-0.3, -0.25) is 4.79 Å². The van der Waals surface area contributed by atoms with E-state index >= 15 is 0 Å². The molecule has 0 atom stereocenters. The minimum absolute atomic E-state index is 0.0374. The third-order valence-corrected chi connectivity index (χ3v) is 3.73. The van der Waals surface area contributed by atoms with Crippen LogP contribution in [0.4, 0.5) is 5.82 Å². The second kappa shape index (κ2) is 6.74. The highest BCUT2D eigenvalue weighted by Gasteiger charge is 2.14. The molecule has 0 saturated heterocycles. The van der Waals surface area contributed by atoms with Crippen molar-refractivity contribution in [2.45, 2.75) is 44.9 Å². The largest absolute Gasteiger partial charge is 0.311 e. The summed E-state index contributed by atoms with van der Waals surface area (Å²) in [5.41, 5.74) is 0. The fourth-order valence-corrected chi connectivity index (χ4v) is 2.65. The molecule has 1 N–H and O–H groups in total. The first kappa shape index (κ1) is 13.3. The molecule has 1 amide bonds. The predicted molar refractivity (Wildman–Crippen MR) is 73.7 cm³/mol. The number of amides is 1. The van der Waals surface area contributed by atoms with Gasteiger partial charge in [0.25, 0.3) is 0 Å². The summed E-state index contributed by atoms with van der Waals surface area (Å²) in [6.07, 6.45) is 9.73. The first-order valence-electron chi connectivity index (χ1n) is 6.65. The average molecular weight is 267 g/mol. The third-order valence-electron chi connectivity index (χ3n) is 3.49. The van der Waals surface area contributed by atoms with E-state index < -0.39 is 0 Å². The highest BCUT2D eigenvalue weighted by atomic mass is 35.5. The number of carbonyl (C=O) groups is 1. The summed E-state index contributed by atoms with van der Waals surface area (Å²) in [5, 5.41) is 3.38. The van der Waals surface area contributed by atoms with Crippen LogP contribution in [0.3, 0.4) is 0 Å². The first-order chi connectivity index (χ1) is 8.74. The van der Waals surface area contributed by atoms with Gasteiger partial charge in [0.15, 0.2) is 0 Å². The fourth-order valence-electron chi connectivity index (χ4n) is 2.49. The summed E-state index contributed by atoms with van der Waals surface area (Å²) in [5.74, 6) is 1.31. The van der Waals surface area contributed by atoms with Gasteiger partial charge in [-0.2, -0.15) is 0 Å². The minimum atomic E-state index is 0.0374. The minimum Gasteiger partial charge on any atom is -0.311 e. The number of halogens is 1. The molecule has 0 bridgehead atoms. The zero-order chi connectivity index (χ0) is 12.8. The Balaban J connectivity index is 1.74. The lowest BCUT2D eigenvalue weighted by atomic mass is 9.86. The van der Waals surface area contributed by atoms with Gasteiger partial charge in [-0.25, -0.2) is 4.98 Å². The summed E-state index contributed by atoms with van der Waals surface area (Å²) in [4.78, 5) is 15.8. The van der Waals surface area contributed by atoms with Crippen LogP contribution >= 0.6 is 11.6 Å². The van der Waals surface area contributed by atoms with Gasteiger partial charge in [-0.05, 0) is 24.5 Å². The zero-order valence-electron chi connectivity index (χ0n) is 10.5. The number of anilines is 1. The molecule has 1 aliphatic rings. The number of hydrogen-bond acceptors (Lipinski definition) is 2. The standard InChI is InChI=1S/C14H19ClN2O/c15-12-8-9-16-13(10-12)17-14(18)7-6-11-4-2-1-3-5-11/h8-11H,1-7H2,(H,16,17,18). The summed E-state index contributed by atoms with van der Waals surface area (Å²) in [6, 6.07) is 3.36. The molecule has 0 unspecified atom stereocenters. The molecule has 0 radical (unpaired) electrons. The summed E-state index contributed by atoms with van der Waals surface area (Å²) in [6.45, 7) is 0. The van der Waals surface area contributed by atoms with Crippen LogP contribution < -0.4 is 5.32 Å². The van der Waals surface area contributed by atoms with Crippen molar-refractivity contribution in [2.24, 2.45) is 5.92 Å². The molecule has 0 aromatic carbocycles. The van der Waals surface area contributed by atoms with E-state index in [4.69, 9.17) is 11.6 Å². The van der Waals surface area contributed by atoms with Crippen LogP contribution in [-0.2, 0) is 4.79 Å². The highest BCUT2D eigenvalue weighted by Crippen LogP contribution is 2.27. The van der Waals surface area contributed by atoms with E-state index in [1.807, 2.05) is 0 Å². The summed E-state index contributed by atoms with van der Waals surface area (Å²) in [7, 11) is 0. The van der Waals surface area contributed by atoms with Crippen molar-refractivity contribution in [1.82, 2.24) is 4.98 Å². The van der Waals surface area contributed by atoms with Crippen LogP contribution in [0.1, 0.15) is 44.9 Å². The number of rotatable bonds is 4. The van der Waals surface area contributed by atoms with Gasteiger partial charge < -0.3 is 5.32 Å². The second-order valence-electron chi connectivity index (χ2n) is 4.95. The van der Waals surface area contributed by atoms with Crippen molar-refractivity contribution < 1.29 is 4.79 Å². The number of pyridine rings is 1. The smallest absolute Gasteiger partial charge is 0.225 e. The van der Waals surface area contributed by atoms with Gasteiger partial charge in [0, 0.05) is 17.6 Å². The maximum atomic E-state index is 11.8. The Morgan fingerprint density at radius 1 is 1.39 bits per heavy atom. The number of carbonyl (C=O) groups excluding carboxylic acids is 1. The molecular formula is C14H19ClN2O. The Morgan fingerprint density at radius 3 is 2.89 bits per heavy atom. The van der Waals surface area contributed by atoms with Crippen LogP contribution in [0.5, 0.6) is 0 Å². The van der Waals surface area contributed by atoms with Gasteiger partial charge in [0.2, 0.25) is 5.91 Å². The number of nitrogens with one attached hydrogen (secondary N) is 1. The van der Waals surface area contributed by atoms with E-state index in [1.54, 1.807) is 18.3 Å². The van der Waals surface area contributed by atoms with Crippen molar-refractivity contribution in [3.05, 3.63) is 23.4 Å². The van der Waals surface area contributed by atoms with Crippen LogP contribution in [-0.4, -0.2) is 10.9 Å². The predicted octanol–water partition coefficient (Wildman–Crippen LogP) is 4.03. The lowest BCUT2D eigenvalue weighted by Crippen LogP contribution is -2.15. The van der Waals surface area contributed by atoms with Crippen molar-refractivity contribution in [1.29, 1.82) is 0 Å². The lowest BCUT2D eigenvalue weighted by Gasteiger charge is -2.20. The molecule has 4 heteroatoms. The number of aromatic nitrogens is 1. The molecule has 1 aliphatic carbocycles. The number of hydrogen-bond donors (Lipinski definition) is 1. The van der Waals surface area contributed by atoms with Gasteiger partial charge in [-0.15, -0.1) is 0 Å². The monoisotopic (exact) mass is 266 g/mol. The number of nitrogens with zero attached hydrogens (tertiary/aromatic N) is 1. The van der Waals surface area contributed by atoms with E-state index in [1.165, 1.54) is 32.1 Å². The fraction of sp³-hybridized carbons (Fsp3) is 0.571. The van der Waals surface area contributed by atoms with E-state index in [0.29, 0.717) is 17.3 Å². The Labute approximate surface area is 113 Å². The van der Waals surface area contributed by atoms with Crippen LogP contribution in [0.15, 0.2) is 18.3 Å². The van der Waals surface area contributed by atoms with Gasteiger partial charge in [-0.1, -0.05) is 43.7 Å². The molecule has 2 rings (SSSR count). The van der Waals surface area contributed by atoms with Crippen LogP contribution in [0.2, 0.25) is 5.02 Å². The molecule has 1 fully saturated rings. The summed E-state index contributed by atoms with van der Waals surface area (Å²) >= 11 is 5.84. The zero-order valence-corrected chi connectivity index (χ0v) is 11.2. The average Bonchev–Trinajstić information content (AvgIpc) is 2.38. The van der Waals surface area contributed by atoms with Crippen LogP contribution in [0, 0.1) is 5.92 Å². The third kappa shape index (κ3) is 4.30. The topological polar surface area (TPSA) is 42.0 Å². The molecule has 1 aromatic rings. The molecule has 0 spiro atoms. The maximum absolute atomic E-state index is 11.8. The molecule has 1 saturated carbocycles. The molecule has 0 aliphatic heterocycles. The Bertz CT molecular complexity index is 403. The van der Waals surface area contributed by atoms with Gasteiger partial charge in [0.1, 0.15) is 5.82 Å². The Hall–Kier alpha value is -1.09. The van der Waals surface area contributed by atoms with Crippen molar-refractivity contribution in [3.8, 4) is 0 Å². The Morgan fingerprint density at radius 2 is 2.17 bits per heavy atom. The van der Waals surface area contributed by atoms with E-state index in [-0.39, 0.29) is 5.91 Å².